The summed E-state index contributed by atoms with van der Waals surface area (Å²) in [5.74, 6) is 1.05. The lowest BCUT2D eigenvalue weighted by Gasteiger charge is -2.11. The van der Waals surface area contributed by atoms with E-state index in [2.05, 4.69) is 5.32 Å². The quantitative estimate of drug-likeness (QED) is 0.868. The summed E-state index contributed by atoms with van der Waals surface area (Å²) in [6.45, 7) is 0.541. The molecule has 1 atom stereocenters. The van der Waals surface area contributed by atoms with Crippen LogP contribution in [0.15, 0.2) is 18.2 Å². The lowest BCUT2D eigenvalue weighted by molar-refractivity contribution is 0.0941. The molecule has 1 unspecified atom stereocenters. The van der Waals surface area contributed by atoms with Gasteiger partial charge in [-0.2, -0.15) is 11.8 Å². The molecule has 0 saturated carbocycles. The number of amides is 1. The molecule has 0 aromatic heterocycles. The first-order valence-corrected chi connectivity index (χ1v) is 6.67. The average molecular weight is 255 g/mol. The third kappa shape index (κ3) is 2.91. The van der Waals surface area contributed by atoms with Gasteiger partial charge in [0.25, 0.3) is 5.91 Å². The van der Waals surface area contributed by atoms with Gasteiger partial charge in [0, 0.05) is 6.54 Å². The highest BCUT2D eigenvalue weighted by molar-refractivity contribution is 7.99. The smallest absolute Gasteiger partial charge is 0.258 e. The van der Waals surface area contributed by atoms with Crippen molar-refractivity contribution in [1.29, 1.82) is 0 Å². The molecule has 1 heterocycles. The number of nitrogens with one attached hydrogen (secondary N) is 1. The van der Waals surface area contributed by atoms with Crippen LogP contribution < -0.4 is 5.32 Å². The average Bonchev–Trinajstić information content (AvgIpc) is 2.79. The number of carbonyl (C=O) groups excluding carboxylic acids is 1. The van der Waals surface area contributed by atoms with Crippen molar-refractivity contribution in [3.63, 3.8) is 0 Å². The molecule has 17 heavy (non-hydrogen) atoms. The zero-order valence-corrected chi connectivity index (χ0v) is 10.1. The second kappa shape index (κ2) is 5.40. The molecule has 92 valence electrons. The Labute approximate surface area is 103 Å². The maximum atomic E-state index is 13.4. The van der Waals surface area contributed by atoms with Crippen molar-refractivity contribution in [2.24, 2.45) is 5.92 Å². The Balaban J connectivity index is 1.99. The third-order valence-electron chi connectivity index (χ3n) is 2.79. The summed E-state index contributed by atoms with van der Waals surface area (Å²) in [7, 11) is 0. The second-order valence-corrected chi connectivity index (χ2v) is 5.22. The summed E-state index contributed by atoms with van der Waals surface area (Å²) in [6.07, 6.45) is 1.08. The first-order valence-electron chi connectivity index (χ1n) is 5.52. The van der Waals surface area contributed by atoms with Gasteiger partial charge in [0.1, 0.15) is 17.1 Å². The molecule has 5 heteroatoms. The standard InChI is InChI=1S/C12H14FNO2S/c13-9-2-1-3-10(15)11(9)12(16)14-6-8-4-5-17-7-8/h1-3,8,15H,4-7H2,(H,14,16). The van der Waals surface area contributed by atoms with Gasteiger partial charge in [-0.1, -0.05) is 6.07 Å². The van der Waals surface area contributed by atoms with Crippen LogP contribution in [-0.2, 0) is 0 Å². The van der Waals surface area contributed by atoms with E-state index in [0.29, 0.717) is 12.5 Å². The van der Waals surface area contributed by atoms with Crippen molar-refractivity contribution in [3.8, 4) is 5.75 Å². The van der Waals surface area contributed by atoms with E-state index in [1.165, 1.54) is 18.2 Å². The molecule has 0 radical (unpaired) electrons. The van der Waals surface area contributed by atoms with E-state index in [0.717, 1.165) is 17.9 Å². The number of phenolic OH excluding ortho intramolecular Hbond substituents is 1. The molecule has 1 aromatic carbocycles. The van der Waals surface area contributed by atoms with Crippen molar-refractivity contribution >= 4 is 17.7 Å². The van der Waals surface area contributed by atoms with Gasteiger partial charge in [0.05, 0.1) is 0 Å². The highest BCUT2D eigenvalue weighted by atomic mass is 32.2. The fourth-order valence-corrected chi connectivity index (χ4v) is 3.09. The van der Waals surface area contributed by atoms with Crippen LogP contribution in [0.5, 0.6) is 5.75 Å². The molecule has 1 saturated heterocycles. The van der Waals surface area contributed by atoms with E-state index >= 15 is 0 Å². The fourth-order valence-electron chi connectivity index (χ4n) is 1.81. The van der Waals surface area contributed by atoms with Gasteiger partial charge in [-0.05, 0) is 36.0 Å². The van der Waals surface area contributed by atoms with Crippen molar-refractivity contribution in [3.05, 3.63) is 29.6 Å². The minimum atomic E-state index is -0.691. The molecular weight excluding hydrogens is 241 g/mol. The highest BCUT2D eigenvalue weighted by Gasteiger charge is 2.19. The number of benzene rings is 1. The number of hydrogen-bond donors (Lipinski definition) is 2. The van der Waals surface area contributed by atoms with E-state index in [1.54, 1.807) is 0 Å². The largest absolute Gasteiger partial charge is 0.507 e. The van der Waals surface area contributed by atoms with E-state index in [9.17, 15) is 14.3 Å². The normalized spacial score (nSPS) is 19.2. The third-order valence-corrected chi connectivity index (χ3v) is 4.03. The second-order valence-electron chi connectivity index (χ2n) is 4.07. The molecule has 0 bridgehead atoms. The zero-order valence-electron chi connectivity index (χ0n) is 9.28. The number of rotatable bonds is 3. The molecule has 2 N–H and O–H groups in total. The molecule has 1 aromatic rings. The minimum Gasteiger partial charge on any atom is -0.507 e. The Morgan fingerprint density at radius 2 is 2.41 bits per heavy atom. The van der Waals surface area contributed by atoms with Crippen molar-refractivity contribution in [1.82, 2.24) is 5.32 Å². The molecule has 0 aliphatic carbocycles. The maximum Gasteiger partial charge on any atom is 0.258 e. The van der Waals surface area contributed by atoms with Gasteiger partial charge in [-0.25, -0.2) is 4.39 Å². The van der Waals surface area contributed by atoms with Crippen LogP contribution in [0.1, 0.15) is 16.8 Å². The van der Waals surface area contributed by atoms with Crippen LogP contribution in [-0.4, -0.2) is 29.1 Å². The Morgan fingerprint density at radius 3 is 3.06 bits per heavy atom. The number of thioether (sulfide) groups is 1. The molecule has 3 nitrogen and oxygen atoms in total. The topological polar surface area (TPSA) is 49.3 Å². The van der Waals surface area contributed by atoms with Crippen LogP contribution in [0.4, 0.5) is 4.39 Å². The summed E-state index contributed by atoms with van der Waals surface area (Å²) in [6, 6.07) is 3.85. The SMILES string of the molecule is O=C(NCC1CCSC1)c1c(O)cccc1F. The number of phenols is 1. The lowest BCUT2D eigenvalue weighted by atomic mass is 10.1. The van der Waals surface area contributed by atoms with Crippen LogP contribution in [0.2, 0.25) is 0 Å². The Kier molecular flexibility index (Phi) is 3.89. The Morgan fingerprint density at radius 1 is 1.59 bits per heavy atom. The summed E-state index contributed by atoms with van der Waals surface area (Å²) in [5, 5.41) is 12.1. The monoisotopic (exact) mass is 255 g/mol. The molecule has 1 aliphatic heterocycles. The minimum absolute atomic E-state index is 0.266. The van der Waals surface area contributed by atoms with Gasteiger partial charge in [-0.15, -0.1) is 0 Å². The lowest BCUT2D eigenvalue weighted by Crippen LogP contribution is -2.30. The van der Waals surface area contributed by atoms with Gasteiger partial charge in [-0.3, -0.25) is 4.79 Å². The van der Waals surface area contributed by atoms with Crippen molar-refractivity contribution < 1.29 is 14.3 Å². The van der Waals surface area contributed by atoms with E-state index in [1.807, 2.05) is 11.8 Å². The van der Waals surface area contributed by atoms with Gasteiger partial charge in [0.2, 0.25) is 0 Å². The molecular formula is C12H14FNO2S. The van der Waals surface area contributed by atoms with E-state index in [4.69, 9.17) is 0 Å². The number of hydrogen-bond acceptors (Lipinski definition) is 3. The van der Waals surface area contributed by atoms with Gasteiger partial charge >= 0.3 is 0 Å². The Bertz CT molecular complexity index is 399. The summed E-state index contributed by atoms with van der Waals surface area (Å²) < 4.78 is 13.4. The van der Waals surface area contributed by atoms with Crippen LogP contribution in [0.25, 0.3) is 0 Å². The van der Waals surface area contributed by atoms with E-state index in [-0.39, 0.29) is 11.3 Å². The molecule has 1 amide bonds. The Hall–Kier alpha value is -1.23. The fraction of sp³-hybridized carbons (Fsp3) is 0.417. The summed E-state index contributed by atoms with van der Waals surface area (Å²) in [4.78, 5) is 11.7. The summed E-state index contributed by atoms with van der Waals surface area (Å²) in [5.41, 5.74) is -0.266. The number of carbonyl (C=O) groups is 1. The maximum absolute atomic E-state index is 13.4. The number of halogens is 1. The van der Waals surface area contributed by atoms with E-state index < -0.39 is 11.7 Å². The predicted octanol–water partition coefficient (Wildman–Crippen LogP) is 2.01. The molecule has 1 fully saturated rings. The molecule has 2 rings (SSSR count). The first kappa shape index (κ1) is 12.2. The zero-order chi connectivity index (χ0) is 12.3. The summed E-state index contributed by atoms with van der Waals surface area (Å²) >= 11 is 1.86. The van der Waals surface area contributed by atoms with Crippen molar-refractivity contribution in [2.45, 2.75) is 6.42 Å². The molecule has 1 aliphatic rings. The van der Waals surface area contributed by atoms with Crippen LogP contribution in [0.3, 0.4) is 0 Å². The highest BCUT2D eigenvalue weighted by Crippen LogP contribution is 2.23. The first-order chi connectivity index (χ1) is 8.18. The molecule has 0 spiro atoms. The number of aromatic hydroxyl groups is 1. The van der Waals surface area contributed by atoms with Crippen LogP contribution in [0, 0.1) is 11.7 Å². The predicted molar refractivity (Wildman–Crippen MR) is 65.8 cm³/mol. The van der Waals surface area contributed by atoms with Gasteiger partial charge < -0.3 is 10.4 Å². The van der Waals surface area contributed by atoms with Crippen molar-refractivity contribution in [2.75, 3.05) is 18.1 Å². The van der Waals surface area contributed by atoms with Gasteiger partial charge in [0.15, 0.2) is 0 Å². The van der Waals surface area contributed by atoms with Crippen LogP contribution >= 0.6 is 11.8 Å².